The minimum Gasteiger partial charge on any atom is -0.324 e. The lowest BCUT2D eigenvalue weighted by Crippen LogP contribution is -1.97. The summed E-state index contributed by atoms with van der Waals surface area (Å²) < 4.78 is 0. The van der Waals surface area contributed by atoms with Crippen molar-refractivity contribution in [1.82, 2.24) is 9.97 Å². The third-order valence-electron chi connectivity index (χ3n) is 3.09. The number of halogens is 2. The highest BCUT2D eigenvalue weighted by atomic mass is 35.5. The molecule has 0 bridgehead atoms. The molecule has 0 fully saturated rings. The van der Waals surface area contributed by atoms with Gasteiger partial charge in [-0.15, -0.1) is 0 Å². The van der Waals surface area contributed by atoms with E-state index < -0.39 is 0 Å². The number of aromatic nitrogens is 2. The summed E-state index contributed by atoms with van der Waals surface area (Å²) in [6.07, 6.45) is 5.62. The van der Waals surface area contributed by atoms with Crippen LogP contribution in [0.25, 0.3) is 12.2 Å². The Bertz CT molecular complexity index is 812. The molecular weight excluding hydrogens is 329 g/mol. The maximum atomic E-state index is 5.88. The highest BCUT2D eigenvalue weighted by molar-refractivity contribution is 6.30. The van der Waals surface area contributed by atoms with Gasteiger partial charge in [-0.3, -0.25) is 0 Å². The Morgan fingerprint density at radius 3 is 2.13 bits per heavy atom. The molecule has 1 heterocycles. The summed E-state index contributed by atoms with van der Waals surface area (Å²) in [6.45, 7) is 0. The monoisotopic (exact) mass is 341 g/mol. The number of nitrogens with zero attached hydrogens (tertiary/aromatic N) is 2. The van der Waals surface area contributed by atoms with Gasteiger partial charge in [0.25, 0.3) is 0 Å². The summed E-state index contributed by atoms with van der Waals surface area (Å²) in [5, 5.41) is 4.56. The minimum atomic E-state index is 0.533. The van der Waals surface area contributed by atoms with E-state index in [-0.39, 0.29) is 0 Å². The highest BCUT2D eigenvalue weighted by Crippen LogP contribution is 2.17. The van der Waals surface area contributed by atoms with Crippen molar-refractivity contribution in [3.8, 4) is 0 Å². The average Bonchev–Trinajstić information content (AvgIpc) is 2.57. The van der Waals surface area contributed by atoms with Crippen molar-refractivity contribution in [2.45, 2.75) is 0 Å². The SMILES string of the molecule is Clc1ccc(/C=C/c2ccnc(Nc3ccc(Cl)cc3)n2)cc1. The van der Waals surface area contributed by atoms with E-state index in [9.17, 15) is 0 Å². The fourth-order valence-corrected chi connectivity index (χ4v) is 2.20. The van der Waals surface area contributed by atoms with E-state index in [0.29, 0.717) is 11.0 Å². The van der Waals surface area contributed by atoms with Crippen LogP contribution in [0.5, 0.6) is 0 Å². The second-order valence-corrected chi connectivity index (χ2v) is 5.69. The van der Waals surface area contributed by atoms with Gasteiger partial charge in [-0.25, -0.2) is 9.97 Å². The minimum absolute atomic E-state index is 0.533. The number of hydrogen-bond donors (Lipinski definition) is 1. The molecular formula is C18H13Cl2N3. The van der Waals surface area contributed by atoms with Gasteiger partial charge in [-0.05, 0) is 54.1 Å². The molecule has 0 amide bonds. The largest absolute Gasteiger partial charge is 0.324 e. The van der Waals surface area contributed by atoms with Crippen LogP contribution in [-0.4, -0.2) is 9.97 Å². The maximum absolute atomic E-state index is 5.88. The molecule has 3 rings (SSSR count). The first kappa shape index (κ1) is 15.5. The van der Waals surface area contributed by atoms with E-state index in [1.807, 2.05) is 66.7 Å². The van der Waals surface area contributed by atoms with Crippen molar-refractivity contribution in [3.63, 3.8) is 0 Å². The molecule has 3 nitrogen and oxygen atoms in total. The summed E-state index contributed by atoms with van der Waals surface area (Å²) in [7, 11) is 0. The molecule has 1 aromatic heterocycles. The second-order valence-electron chi connectivity index (χ2n) is 4.82. The summed E-state index contributed by atoms with van der Waals surface area (Å²) in [4.78, 5) is 8.67. The van der Waals surface area contributed by atoms with Crippen LogP contribution in [0.3, 0.4) is 0 Å². The van der Waals surface area contributed by atoms with Crippen molar-refractivity contribution in [2.24, 2.45) is 0 Å². The second kappa shape index (κ2) is 7.27. The Balaban J connectivity index is 1.74. The smallest absolute Gasteiger partial charge is 0.227 e. The normalized spacial score (nSPS) is 10.9. The number of hydrogen-bond acceptors (Lipinski definition) is 3. The molecule has 3 aromatic rings. The molecule has 114 valence electrons. The van der Waals surface area contributed by atoms with E-state index >= 15 is 0 Å². The van der Waals surface area contributed by atoms with Gasteiger partial charge in [-0.1, -0.05) is 41.4 Å². The van der Waals surface area contributed by atoms with E-state index in [2.05, 4.69) is 15.3 Å². The summed E-state index contributed by atoms with van der Waals surface area (Å²) in [5.74, 6) is 0.533. The quantitative estimate of drug-likeness (QED) is 0.661. The third-order valence-corrected chi connectivity index (χ3v) is 3.60. The van der Waals surface area contributed by atoms with Crippen molar-refractivity contribution in [3.05, 3.63) is 82.1 Å². The van der Waals surface area contributed by atoms with Gasteiger partial charge in [0.05, 0.1) is 5.69 Å². The predicted octanol–water partition coefficient (Wildman–Crippen LogP) is 5.70. The summed E-state index contributed by atoms with van der Waals surface area (Å²) in [6, 6.07) is 16.8. The van der Waals surface area contributed by atoms with E-state index in [4.69, 9.17) is 23.2 Å². The van der Waals surface area contributed by atoms with E-state index in [0.717, 1.165) is 22.0 Å². The number of anilines is 2. The van der Waals surface area contributed by atoms with Gasteiger partial charge in [0.15, 0.2) is 0 Å². The van der Waals surface area contributed by atoms with E-state index in [1.54, 1.807) is 6.20 Å². The molecule has 5 heteroatoms. The maximum Gasteiger partial charge on any atom is 0.227 e. The van der Waals surface area contributed by atoms with Gasteiger partial charge in [-0.2, -0.15) is 0 Å². The van der Waals surface area contributed by atoms with Gasteiger partial charge >= 0.3 is 0 Å². The first-order chi connectivity index (χ1) is 11.2. The van der Waals surface area contributed by atoms with Gasteiger partial charge < -0.3 is 5.32 Å². The average molecular weight is 342 g/mol. The summed E-state index contributed by atoms with van der Waals surface area (Å²) >= 11 is 11.7. The number of benzene rings is 2. The topological polar surface area (TPSA) is 37.8 Å². The molecule has 23 heavy (non-hydrogen) atoms. The standard InChI is InChI=1S/C18H13Cl2N3/c19-14-4-1-13(2-5-14)3-8-17-11-12-21-18(23-17)22-16-9-6-15(20)7-10-16/h1-12H,(H,21,22,23)/b8-3+. The summed E-state index contributed by atoms with van der Waals surface area (Å²) in [5.41, 5.74) is 2.75. The van der Waals surface area contributed by atoms with Crippen LogP contribution in [-0.2, 0) is 0 Å². The molecule has 1 N–H and O–H groups in total. The molecule has 0 spiro atoms. The molecule has 0 unspecified atom stereocenters. The Hall–Kier alpha value is -2.36. The van der Waals surface area contributed by atoms with Gasteiger partial charge in [0.1, 0.15) is 0 Å². The molecule has 0 aliphatic rings. The van der Waals surface area contributed by atoms with Crippen molar-refractivity contribution < 1.29 is 0 Å². The Kier molecular flexibility index (Phi) is 4.91. The molecule has 0 atom stereocenters. The molecule has 0 aliphatic heterocycles. The Morgan fingerprint density at radius 2 is 1.43 bits per heavy atom. The van der Waals surface area contributed by atoms with Gasteiger partial charge in [0.2, 0.25) is 5.95 Å². The first-order valence-corrected chi connectivity index (χ1v) is 7.74. The number of nitrogens with one attached hydrogen (secondary N) is 1. The zero-order chi connectivity index (χ0) is 16.1. The molecule has 0 aliphatic carbocycles. The van der Waals surface area contributed by atoms with Crippen LogP contribution >= 0.6 is 23.2 Å². The van der Waals surface area contributed by atoms with Crippen molar-refractivity contribution >= 4 is 47.0 Å². The lowest BCUT2D eigenvalue weighted by atomic mass is 10.2. The van der Waals surface area contributed by atoms with Crippen molar-refractivity contribution in [2.75, 3.05) is 5.32 Å². The Labute approximate surface area is 144 Å². The predicted molar refractivity (Wildman–Crippen MR) is 97.1 cm³/mol. The molecule has 0 saturated carbocycles. The molecule has 0 saturated heterocycles. The third kappa shape index (κ3) is 4.55. The zero-order valence-electron chi connectivity index (χ0n) is 12.1. The molecule has 2 aromatic carbocycles. The lowest BCUT2D eigenvalue weighted by molar-refractivity contribution is 1.15. The van der Waals surface area contributed by atoms with Crippen LogP contribution in [0.2, 0.25) is 10.0 Å². The first-order valence-electron chi connectivity index (χ1n) is 6.98. The van der Waals surface area contributed by atoms with Crippen LogP contribution in [0.4, 0.5) is 11.6 Å². The fourth-order valence-electron chi connectivity index (χ4n) is 1.94. The van der Waals surface area contributed by atoms with Gasteiger partial charge in [0, 0.05) is 21.9 Å². The van der Waals surface area contributed by atoms with Crippen LogP contribution in [0.15, 0.2) is 60.8 Å². The van der Waals surface area contributed by atoms with Crippen LogP contribution in [0.1, 0.15) is 11.3 Å². The van der Waals surface area contributed by atoms with Crippen LogP contribution < -0.4 is 5.32 Å². The van der Waals surface area contributed by atoms with Crippen molar-refractivity contribution in [1.29, 1.82) is 0 Å². The van der Waals surface area contributed by atoms with Crippen LogP contribution in [0, 0.1) is 0 Å². The lowest BCUT2D eigenvalue weighted by Gasteiger charge is -2.05. The highest BCUT2D eigenvalue weighted by Gasteiger charge is 1.99. The molecule has 0 radical (unpaired) electrons. The number of rotatable bonds is 4. The Morgan fingerprint density at radius 1 is 0.783 bits per heavy atom. The zero-order valence-corrected chi connectivity index (χ0v) is 13.6. The van der Waals surface area contributed by atoms with E-state index in [1.165, 1.54) is 0 Å². The fraction of sp³-hybridized carbons (Fsp3) is 0.